The van der Waals surface area contributed by atoms with Crippen LogP contribution in [0.5, 0.6) is 5.75 Å². The van der Waals surface area contributed by atoms with Crippen molar-refractivity contribution in [3.63, 3.8) is 0 Å². The van der Waals surface area contributed by atoms with Crippen molar-refractivity contribution in [3.8, 4) is 5.75 Å². The Bertz CT molecular complexity index is 284. The monoisotopic (exact) mass is 248 g/mol. The Hall–Kier alpha value is 0.280. The predicted octanol–water partition coefficient (Wildman–Crippen LogP) is 3.23. The molecule has 0 heterocycles. The number of benzene rings is 1. The second-order valence-corrected chi connectivity index (χ2v) is 4.62. The molecule has 0 spiro atoms. The Labute approximate surface area is 129 Å². The van der Waals surface area contributed by atoms with E-state index in [0.717, 1.165) is 17.9 Å². The Morgan fingerprint density at radius 2 is 1.75 bits per heavy atom. The first-order valence-corrected chi connectivity index (χ1v) is 5.97. The van der Waals surface area contributed by atoms with Gasteiger partial charge in [-0.25, -0.2) is 0 Å². The third-order valence-corrected chi connectivity index (χ3v) is 2.72. The zero-order chi connectivity index (χ0) is 11.1. The molecule has 0 aliphatic heterocycles. The van der Waals surface area contributed by atoms with Crippen LogP contribution in [-0.4, -0.2) is 42.8 Å². The van der Waals surface area contributed by atoms with E-state index in [1.165, 1.54) is 25.7 Å². The summed E-state index contributed by atoms with van der Waals surface area (Å²) in [5.41, 5.74) is 1.09. The van der Waals surface area contributed by atoms with Crippen molar-refractivity contribution >= 4 is 37.7 Å². The van der Waals surface area contributed by atoms with Crippen molar-refractivity contribution in [2.75, 3.05) is 0 Å². The van der Waals surface area contributed by atoms with Gasteiger partial charge in [-0.05, 0) is 30.4 Å². The fraction of sp³-hybridized carbons (Fsp3) is 0.571. The van der Waals surface area contributed by atoms with E-state index in [1.807, 2.05) is 18.2 Å². The Kier molecular flexibility index (Phi) is 9.49. The van der Waals surface area contributed by atoms with Crippen LogP contribution in [0.25, 0.3) is 0 Å². The number of rotatable bonds is 6. The average Bonchev–Trinajstić information content (AvgIpc) is 2.20. The van der Waals surface area contributed by atoms with E-state index in [-0.39, 0.29) is 37.7 Å². The van der Waals surface area contributed by atoms with Gasteiger partial charge in [0.05, 0.1) is 0 Å². The number of unbranched alkanes of at least 4 members (excludes halogenated alkanes) is 2. The molecule has 1 rings (SSSR count). The standard InChI is InChI=1S/C14H22O.Ca.2H/c1-12(2)8-4-3-5-9-13-10-6-7-11-14(13)15;;;/h6-7,10-12,15H,3-5,8-9H2,1-2H3;;;. The van der Waals surface area contributed by atoms with Gasteiger partial charge in [-0.15, -0.1) is 0 Å². The van der Waals surface area contributed by atoms with Crippen molar-refractivity contribution in [3.05, 3.63) is 29.8 Å². The molecule has 0 aliphatic carbocycles. The van der Waals surface area contributed by atoms with E-state index in [4.69, 9.17) is 0 Å². The fourth-order valence-corrected chi connectivity index (χ4v) is 1.77. The van der Waals surface area contributed by atoms with Gasteiger partial charge in [-0.2, -0.15) is 0 Å². The van der Waals surface area contributed by atoms with Crippen molar-refractivity contribution in [2.24, 2.45) is 5.92 Å². The maximum atomic E-state index is 9.56. The van der Waals surface area contributed by atoms with Crippen molar-refractivity contribution in [2.45, 2.75) is 46.0 Å². The summed E-state index contributed by atoms with van der Waals surface area (Å²) >= 11 is 0. The van der Waals surface area contributed by atoms with Gasteiger partial charge in [0.25, 0.3) is 0 Å². The zero-order valence-corrected chi connectivity index (χ0v) is 9.87. The van der Waals surface area contributed by atoms with Gasteiger partial charge in [-0.3, -0.25) is 0 Å². The SMILES string of the molecule is CC(C)CCCCCc1ccccc1O.[CaH2]. The summed E-state index contributed by atoms with van der Waals surface area (Å²) in [6.45, 7) is 4.53. The van der Waals surface area contributed by atoms with Crippen molar-refractivity contribution in [1.82, 2.24) is 0 Å². The van der Waals surface area contributed by atoms with Gasteiger partial charge >= 0.3 is 37.7 Å². The van der Waals surface area contributed by atoms with E-state index in [0.29, 0.717) is 5.75 Å². The number of phenols is 1. The predicted molar refractivity (Wildman–Crippen MR) is 73.7 cm³/mol. The molecule has 0 radical (unpaired) electrons. The van der Waals surface area contributed by atoms with E-state index in [2.05, 4.69) is 13.8 Å². The van der Waals surface area contributed by atoms with Crippen LogP contribution in [0.3, 0.4) is 0 Å². The van der Waals surface area contributed by atoms with Crippen LogP contribution >= 0.6 is 0 Å². The zero-order valence-electron chi connectivity index (χ0n) is 9.87. The third kappa shape index (κ3) is 6.77. The number of hydrogen-bond donors (Lipinski definition) is 1. The molecular weight excluding hydrogens is 224 g/mol. The minimum atomic E-state index is 0. The summed E-state index contributed by atoms with van der Waals surface area (Å²) in [5, 5.41) is 9.56. The molecule has 0 saturated heterocycles. The molecule has 0 bridgehead atoms. The molecule has 1 aromatic rings. The molecule has 1 N–H and O–H groups in total. The molecule has 88 valence electrons. The molecule has 1 aromatic carbocycles. The minimum absolute atomic E-state index is 0. The number of para-hydroxylation sites is 1. The van der Waals surface area contributed by atoms with E-state index >= 15 is 0 Å². The van der Waals surface area contributed by atoms with Crippen molar-refractivity contribution < 1.29 is 5.11 Å². The van der Waals surface area contributed by atoms with Crippen LogP contribution in [0.1, 0.15) is 45.1 Å². The van der Waals surface area contributed by atoms with Gasteiger partial charge in [0, 0.05) is 0 Å². The Morgan fingerprint density at radius 1 is 1.06 bits per heavy atom. The quantitative estimate of drug-likeness (QED) is 0.605. The first-order chi connectivity index (χ1) is 7.20. The fourth-order valence-electron chi connectivity index (χ4n) is 1.77. The first-order valence-electron chi connectivity index (χ1n) is 5.97. The van der Waals surface area contributed by atoms with Crippen LogP contribution in [0.2, 0.25) is 0 Å². The molecule has 0 fully saturated rings. The summed E-state index contributed by atoms with van der Waals surface area (Å²) in [6, 6.07) is 7.64. The van der Waals surface area contributed by atoms with Gasteiger partial charge in [0.2, 0.25) is 0 Å². The topological polar surface area (TPSA) is 20.2 Å². The molecular formula is C14H24CaO. The summed E-state index contributed by atoms with van der Waals surface area (Å²) in [4.78, 5) is 0. The Morgan fingerprint density at radius 3 is 2.38 bits per heavy atom. The average molecular weight is 248 g/mol. The molecule has 0 aliphatic rings. The molecule has 0 aromatic heterocycles. The number of phenolic OH excluding ortho intramolecular Hbond substituents is 1. The molecule has 0 saturated carbocycles. The number of aromatic hydroxyl groups is 1. The Balaban J connectivity index is 0.00000225. The summed E-state index contributed by atoms with van der Waals surface area (Å²) in [6.07, 6.45) is 6.09. The van der Waals surface area contributed by atoms with E-state index in [1.54, 1.807) is 6.07 Å². The van der Waals surface area contributed by atoms with Gasteiger partial charge in [-0.1, -0.05) is 51.3 Å². The van der Waals surface area contributed by atoms with Crippen LogP contribution < -0.4 is 0 Å². The van der Waals surface area contributed by atoms with Gasteiger partial charge in [0.1, 0.15) is 5.75 Å². The number of aryl methyl sites for hydroxylation is 1. The molecule has 0 atom stereocenters. The van der Waals surface area contributed by atoms with Crippen molar-refractivity contribution in [1.29, 1.82) is 0 Å². The van der Waals surface area contributed by atoms with Crippen LogP contribution in [0.15, 0.2) is 24.3 Å². The number of hydrogen-bond acceptors (Lipinski definition) is 1. The summed E-state index contributed by atoms with van der Waals surface area (Å²) in [5.74, 6) is 1.26. The maximum absolute atomic E-state index is 9.56. The second-order valence-electron chi connectivity index (χ2n) is 4.62. The van der Waals surface area contributed by atoms with E-state index in [9.17, 15) is 5.11 Å². The summed E-state index contributed by atoms with van der Waals surface area (Å²) < 4.78 is 0. The molecule has 16 heavy (non-hydrogen) atoms. The van der Waals surface area contributed by atoms with Gasteiger partial charge < -0.3 is 5.11 Å². The van der Waals surface area contributed by atoms with Gasteiger partial charge in [0.15, 0.2) is 0 Å². The molecule has 0 amide bonds. The van der Waals surface area contributed by atoms with E-state index < -0.39 is 0 Å². The van der Waals surface area contributed by atoms with Crippen LogP contribution in [0.4, 0.5) is 0 Å². The molecule has 1 nitrogen and oxygen atoms in total. The third-order valence-electron chi connectivity index (χ3n) is 2.72. The normalized spacial score (nSPS) is 10.2. The molecule has 2 heteroatoms. The first kappa shape index (κ1) is 16.3. The van der Waals surface area contributed by atoms with Crippen LogP contribution in [0, 0.1) is 5.92 Å². The second kappa shape index (κ2) is 9.32. The van der Waals surface area contributed by atoms with Crippen LogP contribution in [-0.2, 0) is 6.42 Å². The molecule has 0 unspecified atom stereocenters. The summed E-state index contributed by atoms with van der Waals surface area (Å²) in [7, 11) is 0.